The van der Waals surface area contributed by atoms with Crippen molar-refractivity contribution in [3.8, 4) is 0 Å². The van der Waals surface area contributed by atoms with Gasteiger partial charge in [-0.1, -0.05) is 12.1 Å². The van der Waals surface area contributed by atoms with Crippen LogP contribution in [0.15, 0.2) is 45.1 Å². The fraction of sp³-hybridized carbons (Fsp3) is 0.231. The lowest BCUT2D eigenvalue weighted by atomic mass is 10.2. The van der Waals surface area contributed by atoms with Crippen molar-refractivity contribution < 1.29 is 19.1 Å². The highest BCUT2D eigenvalue weighted by Crippen LogP contribution is 2.27. The molecule has 0 saturated heterocycles. The number of nitrogens with zero attached hydrogens (tertiary/aromatic N) is 1. The van der Waals surface area contributed by atoms with Gasteiger partial charge in [0.15, 0.2) is 5.69 Å². The molecule has 1 N–H and O–H groups in total. The van der Waals surface area contributed by atoms with Gasteiger partial charge in [-0.05, 0) is 36.4 Å². The molecular formula is C13H13NO4S. The summed E-state index contributed by atoms with van der Waals surface area (Å²) in [6.45, 7) is 2.05. The first-order valence-corrected chi connectivity index (χ1v) is 6.55. The van der Waals surface area contributed by atoms with Crippen LogP contribution in [0.1, 0.15) is 23.0 Å². The van der Waals surface area contributed by atoms with Crippen LogP contribution in [-0.4, -0.2) is 22.7 Å². The minimum atomic E-state index is -0.492. The second kappa shape index (κ2) is 6.40. The number of rotatable bonds is 5. The van der Waals surface area contributed by atoms with E-state index in [1.807, 2.05) is 24.3 Å². The first-order chi connectivity index (χ1) is 9.22. The molecule has 0 fully saturated rings. The van der Waals surface area contributed by atoms with Gasteiger partial charge in [-0.25, -0.2) is 4.79 Å². The maximum Gasteiger partial charge on any atom is 0.360 e. The zero-order chi connectivity index (χ0) is 13.7. The number of esters is 1. The van der Waals surface area contributed by atoms with E-state index in [9.17, 15) is 4.79 Å². The van der Waals surface area contributed by atoms with E-state index in [-0.39, 0.29) is 12.3 Å². The topological polar surface area (TPSA) is 72.6 Å². The SMILES string of the molecule is CCOC(=O)c1coc(Sc2ccc(CO)cc2)n1. The Hall–Kier alpha value is -1.79. The molecule has 0 aliphatic rings. The summed E-state index contributed by atoms with van der Waals surface area (Å²) >= 11 is 1.30. The second-order valence-electron chi connectivity index (χ2n) is 3.62. The molecule has 1 aromatic carbocycles. The van der Waals surface area contributed by atoms with Crippen LogP contribution in [0.25, 0.3) is 0 Å². The predicted octanol–water partition coefficient (Wildman–Crippen LogP) is 2.49. The molecule has 0 bridgehead atoms. The number of ether oxygens (including phenoxy) is 1. The van der Waals surface area contributed by atoms with Crippen molar-refractivity contribution in [1.29, 1.82) is 0 Å². The Bertz CT molecular complexity index is 550. The average molecular weight is 279 g/mol. The predicted molar refractivity (Wildman–Crippen MR) is 68.9 cm³/mol. The van der Waals surface area contributed by atoms with Crippen LogP contribution in [0.4, 0.5) is 0 Å². The van der Waals surface area contributed by atoms with Crippen molar-refractivity contribution in [2.75, 3.05) is 6.61 Å². The summed E-state index contributed by atoms with van der Waals surface area (Å²) in [4.78, 5) is 16.4. The molecule has 0 atom stereocenters. The van der Waals surface area contributed by atoms with E-state index >= 15 is 0 Å². The third-order valence-electron chi connectivity index (χ3n) is 2.28. The van der Waals surface area contributed by atoms with E-state index in [2.05, 4.69) is 4.98 Å². The van der Waals surface area contributed by atoms with E-state index in [1.165, 1.54) is 18.0 Å². The number of carbonyl (C=O) groups is 1. The summed E-state index contributed by atoms with van der Waals surface area (Å²) in [6, 6.07) is 7.34. The third kappa shape index (κ3) is 3.59. The Morgan fingerprint density at radius 3 is 2.79 bits per heavy atom. The summed E-state index contributed by atoms with van der Waals surface area (Å²) in [5, 5.41) is 9.32. The minimum absolute atomic E-state index is 0.0109. The van der Waals surface area contributed by atoms with Crippen LogP contribution in [0.2, 0.25) is 0 Å². The number of hydrogen-bond donors (Lipinski definition) is 1. The van der Waals surface area contributed by atoms with Gasteiger partial charge in [0.2, 0.25) is 0 Å². The van der Waals surface area contributed by atoms with Gasteiger partial charge in [-0.15, -0.1) is 0 Å². The van der Waals surface area contributed by atoms with Crippen molar-refractivity contribution in [3.05, 3.63) is 41.8 Å². The first-order valence-electron chi connectivity index (χ1n) is 5.73. The Labute approximate surface area is 114 Å². The number of aromatic nitrogens is 1. The quantitative estimate of drug-likeness (QED) is 0.848. The molecule has 0 spiro atoms. The fourth-order valence-electron chi connectivity index (χ4n) is 1.37. The number of benzene rings is 1. The molecule has 0 aliphatic carbocycles. The molecule has 5 nitrogen and oxygen atoms in total. The van der Waals surface area contributed by atoms with Gasteiger partial charge in [0.05, 0.1) is 13.2 Å². The van der Waals surface area contributed by atoms with Crippen molar-refractivity contribution in [2.24, 2.45) is 0 Å². The van der Waals surface area contributed by atoms with Crippen LogP contribution < -0.4 is 0 Å². The molecule has 1 heterocycles. The van der Waals surface area contributed by atoms with Crippen molar-refractivity contribution in [1.82, 2.24) is 4.98 Å². The average Bonchev–Trinajstić information content (AvgIpc) is 2.88. The van der Waals surface area contributed by atoms with Crippen LogP contribution in [0, 0.1) is 0 Å². The van der Waals surface area contributed by atoms with E-state index in [0.29, 0.717) is 11.8 Å². The molecule has 1 aromatic heterocycles. The van der Waals surface area contributed by atoms with Crippen molar-refractivity contribution in [3.63, 3.8) is 0 Å². The molecule has 0 aliphatic heterocycles. The fourth-order valence-corrected chi connectivity index (χ4v) is 2.08. The van der Waals surface area contributed by atoms with Crippen molar-refractivity contribution >= 4 is 17.7 Å². The number of oxazole rings is 1. The zero-order valence-electron chi connectivity index (χ0n) is 10.3. The van der Waals surface area contributed by atoms with Gasteiger partial charge in [-0.3, -0.25) is 0 Å². The van der Waals surface area contributed by atoms with E-state index in [4.69, 9.17) is 14.3 Å². The Kier molecular flexibility index (Phi) is 4.59. The van der Waals surface area contributed by atoms with Gasteiger partial charge >= 0.3 is 5.97 Å². The highest BCUT2D eigenvalue weighted by molar-refractivity contribution is 7.99. The van der Waals surface area contributed by atoms with Gasteiger partial charge in [-0.2, -0.15) is 4.98 Å². The molecular weight excluding hydrogens is 266 g/mol. The normalized spacial score (nSPS) is 10.4. The monoisotopic (exact) mass is 279 g/mol. The molecule has 0 saturated carbocycles. The molecule has 6 heteroatoms. The van der Waals surface area contributed by atoms with Gasteiger partial charge in [0.1, 0.15) is 6.26 Å². The lowest BCUT2D eigenvalue weighted by Crippen LogP contribution is -2.04. The highest BCUT2D eigenvalue weighted by Gasteiger charge is 2.13. The summed E-state index contributed by atoms with van der Waals surface area (Å²) in [6.07, 6.45) is 1.28. The van der Waals surface area contributed by atoms with Gasteiger partial charge < -0.3 is 14.3 Å². The molecule has 0 amide bonds. The van der Waals surface area contributed by atoms with Crippen LogP contribution in [0.3, 0.4) is 0 Å². The summed E-state index contributed by atoms with van der Waals surface area (Å²) < 4.78 is 10.0. The largest absolute Gasteiger partial charge is 0.461 e. The summed E-state index contributed by atoms with van der Waals surface area (Å²) in [5.41, 5.74) is 1.00. The van der Waals surface area contributed by atoms with Gasteiger partial charge in [0, 0.05) is 4.90 Å². The Balaban J connectivity index is 2.04. The van der Waals surface area contributed by atoms with Crippen LogP contribution in [-0.2, 0) is 11.3 Å². The molecule has 0 unspecified atom stereocenters. The molecule has 100 valence electrons. The first kappa shape index (κ1) is 13.6. The maximum absolute atomic E-state index is 11.4. The number of carbonyl (C=O) groups excluding carboxylic acids is 1. The van der Waals surface area contributed by atoms with Crippen LogP contribution in [0.5, 0.6) is 0 Å². The molecule has 19 heavy (non-hydrogen) atoms. The van der Waals surface area contributed by atoms with E-state index in [1.54, 1.807) is 6.92 Å². The number of hydrogen-bond acceptors (Lipinski definition) is 6. The maximum atomic E-state index is 11.4. The summed E-state index contributed by atoms with van der Waals surface area (Å²) in [5.74, 6) is -0.492. The van der Waals surface area contributed by atoms with Crippen LogP contribution >= 0.6 is 11.8 Å². The number of aliphatic hydroxyl groups excluding tert-OH is 1. The standard InChI is InChI=1S/C13H13NO4S/c1-2-17-12(16)11-8-18-13(14-11)19-10-5-3-9(7-15)4-6-10/h3-6,8,15H,2,7H2,1H3. The molecule has 0 radical (unpaired) electrons. The molecule has 2 aromatic rings. The van der Waals surface area contributed by atoms with E-state index < -0.39 is 5.97 Å². The zero-order valence-corrected chi connectivity index (χ0v) is 11.1. The van der Waals surface area contributed by atoms with E-state index in [0.717, 1.165) is 10.5 Å². The minimum Gasteiger partial charge on any atom is -0.461 e. The second-order valence-corrected chi connectivity index (χ2v) is 4.65. The lowest BCUT2D eigenvalue weighted by molar-refractivity contribution is 0.0519. The van der Waals surface area contributed by atoms with Gasteiger partial charge in [0.25, 0.3) is 5.22 Å². The highest BCUT2D eigenvalue weighted by atomic mass is 32.2. The Morgan fingerprint density at radius 2 is 2.16 bits per heavy atom. The Morgan fingerprint density at radius 1 is 1.42 bits per heavy atom. The lowest BCUT2D eigenvalue weighted by Gasteiger charge is -1.98. The van der Waals surface area contributed by atoms with Crippen molar-refractivity contribution in [2.45, 2.75) is 23.6 Å². The third-order valence-corrected chi connectivity index (χ3v) is 3.15. The smallest absolute Gasteiger partial charge is 0.360 e. The summed E-state index contributed by atoms with van der Waals surface area (Å²) in [7, 11) is 0. The molecule has 2 rings (SSSR count). The number of aliphatic hydroxyl groups is 1.